The lowest BCUT2D eigenvalue weighted by Crippen LogP contribution is -2.51. The van der Waals surface area contributed by atoms with Crippen molar-refractivity contribution in [3.8, 4) is 11.1 Å². The quantitative estimate of drug-likeness (QED) is 0.228. The molecule has 0 fully saturated rings. The number of para-hydroxylation sites is 1. The molecule has 3 N–H and O–H groups in total. The van der Waals surface area contributed by atoms with Crippen molar-refractivity contribution in [2.24, 2.45) is 0 Å². The number of thioether (sulfide) groups is 1. The Bertz CT molecular complexity index is 1270. The van der Waals surface area contributed by atoms with Gasteiger partial charge in [-0.05, 0) is 41.9 Å². The highest BCUT2D eigenvalue weighted by molar-refractivity contribution is 7.99. The molecular formula is C28H29N3O3S. The van der Waals surface area contributed by atoms with Crippen molar-refractivity contribution in [3.05, 3.63) is 90.6 Å². The Hall–Kier alpha value is -3.55. The summed E-state index contributed by atoms with van der Waals surface area (Å²) in [5, 5.41) is 6.98. The number of carbonyl (C=O) groups excluding carboxylic acids is 2. The number of H-pyrrole nitrogens is 1. The Kier molecular flexibility index (Phi) is 8.23. The van der Waals surface area contributed by atoms with Crippen molar-refractivity contribution in [2.45, 2.75) is 23.4 Å². The Balaban J connectivity index is 1.38. The van der Waals surface area contributed by atoms with E-state index in [-0.39, 0.29) is 5.91 Å². The van der Waals surface area contributed by atoms with Crippen LogP contribution in [-0.2, 0) is 20.7 Å². The molecule has 0 bridgehead atoms. The molecule has 3 aromatic carbocycles. The summed E-state index contributed by atoms with van der Waals surface area (Å²) in [7, 11) is 3.08. The first-order valence-corrected chi connectivity index (χ1v) is 12.5. The normalized spacial score (nSPS) is 12.7. The molecule has 7 heteroatoms. The number of esters is 1. The number of nitrogens with one attached hydrogen (secondary N) is 3. The van der Waals surface area contributed by atoms with Gasteiger partial charge in [0.2, 0.25) is 5.91 Å². The van der Waals surface area contributed by atoms with E-state index in [1.165, 1.54) is 12.7 Å². The van der Waals surface area contributed by atoms with Gasteiger partial charge in [0.1, 0.15) is 6.04 Å². The molecule has 1 amide bonds. The summed E-state index contributed by atoms with van der Waals surface area (Å²) in [6.07, 6.45) is 2.21. The van der Waals surface area contributed by atoms with Crippen molar-refractivity contribution in [3.63, 3.8) is 0 Å². The maximum absolute atomic E-state index is 13.1. The van der Waals surface area contributed by atoms with Crippen molar-refractivity contribution < 1.29 is 14.3 Å². The van der Waals surface area contributed by atoms with Crippen LogP contribution in [0, 0.1) is 0 Å². The number of fused-ring (bicyclic) bond motifs is 1. The Morgan fingerprint density at radius 1 is 0.914 bits per heavy atom. The molecule has 0 aliphatic rings. The largest absolute Gasteiger partial charge is 0.467 e. The van der Waals surface area contributed by atoms with Crippen LogP contribution >= 0.6 is 11.8 Å². The van der Waals surface area contributed by atoms with Crippen LogP contribution in [0.2, 0.25) is 0 Å². The zero-order valence-electron chi connectivity index (χ0n) is 19.8. The number of hydrogen-bond donors (Lipinski definition) is 3. The Labute approximate surface area is 209 Å². The smallest absolute Gasteiger partial charge is 0.328 e. The van der Waals surface area contributed by atoms with Gasteiger partial charge in [-0.15, -0.1) is 11.8 Å². The summed E-state index contributed by atoms with van der Waals surface area (Å²) < 4.78 is 4.97. The number of aromatic amines is 1. The number of hydrogen-bond acceptors (Lipinski definition) is 5. The van der Waals surface area contributed by atoms with E-state index in [2.05, 4.69) is 52.0 Å². The molecule has 0 radical (unpaired) electrons. The molecule has 0 unspecified atom stereocenters. The highest BCUT2D eigenvalue weighted by atomic mass is 32.2. The zero-order chi connectivity index (χ0) is 24.6. The van der Waals surface area contributed by atoms with Gasteiger partial charge >= 0.3 is 5.97 Å². The summed E-state index contributed by atoms with van der Waals surface area (Å²) in [6.45, 7) is 0. The fraction of sp³-hybridized carbons (Fsp3) is 0.214. The lowest BCUT2D eigenvalue weighted by molar-refractivity contribution is -0.145. The van der Waals surface area contributed by atoms with Crippen LogP contribution in [-0.4, -0.2) is 48.9 Å². The number of carbonyl (C=O) groups is 2. The lowest BCUT2D eigenvalue weighted by atomic mass is 10.0. The molecule has 0 spiro atoms. The van der Waals surface area contributed by atoms with Gasteiger partial charge < -0.3 is 20.4 Å². The standard InChI is InChI=1S/C28H29N3O3S/c1-29-26(18-35-22-14-12-20(13-15-22)19-8-4-3-5-9-19)27(32)31-25(28(33)34-2)16-21-17-30-24-11-7-6-10-23(21)24/h3-15,17,25-26,29-30H,16,18H2,1-2H3,(H,31,32)/t25-,26-/m0/s1. The summed E-state index contributed by atoms with van der Waals surface area (Å²) in [5.41, 5.74) is 4.25. The van der Waals surface area contributed by atoms with Crippen LogP contribution in [0.1, 0.15) is 5.56 Å². The molecule has 1 aromatic heterocycles. The van der Waals surface area contributed by atoms with Gasteiger partial charge in [0, 0.05) is 34.2 Å². The predicted octanol–water partition coefficient (Wildman–Crippen LogP) is 4.42. The van der Waals surface area contributed by atoms with E-state index in [0.717, 1.165) is 26.9 Å². The molecular weight excluding hydrogens is 458 g/mol. The van der Waals surface area contributed by atoms with Crippen molar-refractivity contribution in [1.82, 2.24) is 15.6 Å². The van der Waals surface area contributed by atoms with Gasteiger partial charge in [-0.2, -0.15) is 0 Å². The molecule has 1 heterocycles. The zero-order valence-corrected chi connectivity index (χ0v) is 20.6. The number of ether oxygens (including phenoxy) is 1. The number of amides is 1. The first kappa shape index (κ1) is 24.6. The second kappa shape index (κ2) is 11.7. The molecule has 0 aliphatic carbocycles. The molecule has 0 saturated carbocycles. The predicted molar refractivity (Wildman–Crippen MR) is 141 cm³/mol. The van der Waals surface area contributed by atoms with Crippen molar-refractivity contribution >= 4 is 34.5 Å². The fourth-order valence-electron chi connectivity index (χ4n) is 3.97. The van der Waals surface area contributed by atoms with E-state index in [0.29, 0.717) is 12.2 Å². The topological polar surface area (TPSA) is 83.2 Å². The minimum atomic E-state index is -0.780. The number of benzene rings is 3. The lowest BCUT2D eigenvalue weighted by Gasteiger charge is -2.21. The van der Waals surface area contributed by atoms with Crippen LogP contribution in [0.25, 0.3) is 22.0 Å². The van der Waals surface area contributed by atoms with Crippen LogP contribution < -0.4 is 10.6 Å². The second-order valence-electron chi connectivity index (χ2n) is 8.19. The molecule has 35 heavy (non-hydrogen) atoms. The summed E-state index contributed by atoms with van der Waals surface area (Å²) in [5.74, 6) is -0.188. The highest BCUT2D eigenvalue weighted by Crippen LogP contribution is 2.25. The summed E-state index contributed by atoms with van der Waals surface area (Å²) in [4.78, 5) is 29.8. The third-order valence-corrected chi connectivity index (χ3v) is 7.05. The van der Waals surface area contributed by atoms with Gasteiger partial charge in [-0.25, -0.2) is 4.79 Å². The fourth-order valence-corrected chi connectivity index (χ4v) is 4.98. The van der Waals surface area contributed by atoms with Gasteiger partial charge in [-0.1, -0.05) is 60.7 Å². The van der Waals surface area contributed by atoms with E-state index in [4.69, 9.17) is 4.74 Å². The first-order valence-electron chi connectivity index (χ1n) is 11.5. The summed E-state index contributed by atoms with van der Waals surface area (Å²) >= 11 is 1.59. The van der Waals surface area contributed by atoms with E-state index in [9.17, 15) is 9.59 Å². The average molecular weight is 488 g/mol. The molecule has 0 saturated heterocycles. The van der Waals surface area contributed by atoms with Crippen LogP contribution in [0.15, 0.2) is 90.0 Å². The Morgan fingerprint density at radius 2 is 1.60 bits per heavy atom. The molecule has 4 rings (SSSR count). The molecule has 6 nitrogen and oxygen atoms in total. The van der Waals surface area contributed by atoms with Gasteiger partial charge in [0.25, 0.3) is 0 Å². The minimum absolute atomic E-state index is 0.240. The average Bonchev–Trinajstić information content (AvgIpc) is 3.32. The molecule has 180 valence electrons. The van der Waals surface area contributed by atoms with Crippen LogP contribution in [0.5, 0.6) is 0 Å². The number of likely N-dealkylation sites (N-methyl/N-ethyl adjacent to an activating group) is 1. The third-order valence-electron chi connectivity index (χ3n) is 5.94. The summed E-state index contributed by atoms with van der Waals surface area (Å²) in [6, 6.07) is 25.1. The van der Waals surface area contributed by atoms with Crippen molar-refractivity contribution in [1.29, 1.82) is 0 Å². The van der Waals surface area contributed by atoms with Gasteiger partial charge in [0.15, 0.2) is 0 Å². The monoisotopic (exact) mass is 487 g/mol. The maximum Gasteiger partial charge on any atom is 0.328 e. The Morgan fingerprint density at radius 3 is 2.31 bits per heavy atom. The minimum Gasteiger partial charge on any atom is -0.467 e. The first-order chi connectivity index (χ1) is 17.1. The second-order valence-corrected chi connectivity index (χ2v) is 9.28. The van der Waals surface area contributed by atoms with Crippen molar-refractivity contribution in [2.75, 3.05) is 19.9 Å². The van der Waals surface area contributed by atoms with E-state index >= 15 is 0 Å². The van der Waals surface area contributed by atoms with E-state index in [1.807, 2.05) is 48.7 Å². The number of rotatable bonds is 10. The maximum atomic E-state index is 13.1. The van der Waals surface area contributed by atoms with Gasteiger partial charge in [0.05, 0.1) is 13.2 Å². The van der Waals surface area contributed by atoms with E-state index < -0.39 is 18.1 Å². The van der Waals surface area contributed by atoms with E-state index in [1.54, 1.807) is 18.8 Å². The third kappa shape index (κ3) is 6.12. The SMILES string of the molecule is CN[C@@H](CSc1ccc(-c2ccccc2)cc1)C(=O)N[C@@H](Cc1c[nH]c2ccccc12)C(=O)OC. The van der Waals surface area contributed by atoms with Crippen LogP contribution in [0.3, 0.4) is 0 Å². The number of methoxy groups -OCH3 is 1. The molecule has 4 aromatic rings. The molecule has 0 aliphatic heterocycles. The molecule has 2 atom stereocenters. The van der Waals surface area contributed by atoms with Crippen LogP contribution in [0.4, 0.5) is 0 Å². The van der Waals surface area contributed by atoms with Gasteiger partial charge in [-0.3, -0.25) is 4.79 Å². The number of aromatic nitrogens is 1. The highest BCUT2D eigenvalue weighted by Gasteiger charge is 2.26.